The second kappa shape index (κ2) is 7.92. The molecule has 144 valence electrons. The minimum absolute atomic E-state index is 0.0267. The van der Waals surface area contributed by atoms with Gasteiger partial charge in [-0.2, -0.15) is 0 Å². The molecule has 3 rings (SSSR count). The molecule has 2 aromatic rings. The molecule has 2 aromatic heterocycles. The lowest BCUT2D eigenvalue weighted by Crippen LogP contribution is -2.47. The van der Waals surface area contributed by atoms with Gasteiger partial charge in [-0.05, 0) is 54.8 Å². The fraction of sp³-hybridized carbons (Fsp3) is 0.421. The predicted molar refractivity (Wildman–Crippen MR) is 110 cm³/mol. The molecule has 0 fully saturated rings. The van der Waals surface area contributed by atoms with Crippen LogP contribution in [0.4, 0.5) is 0 Å². The number of rotatable bonds is 7. The van der Waals surface area contributed by atoms with Crippen molar-refractivity contribution in [2.24, 2.45) is 5.73 Å². The lowest BCUT2D eigenvalue weighted by Gasteiger charge is -2.35. The first-order valence-electron chi connectivity index (χ1n) is 8.87. The summed E-state index contributed by atoms with van der Waals surface area (Å²) in [7, 11) is 1.62. The van der Waals surface area contributed by atoms with E-state index in [1.807, 2.05) is 18.4 Å². The fourth-order valence-electron chi connectivity index (χ4n) is 3.90. The summed E-state index contributed by atoms with van der Waals surface area (Å²) in [5.41, 5.74) is 7.47. The molecule has 1 amide bonds. The minimum atomic E-state index is -0.792. The Bertz CT molecular complexity index is 873. The summed E-state index contributed by atoms with van der Waals surface area (Å²) in [6.07, 6.45) is 3.09. The summed E-state index contributed by atoms with van der Waals surface area (Å²) in [6, 6.07) is 3.93. The van der Waals surface area contributed by atoms with E-state index in [0.717, 1.165) is 35.1 Å². The summed E-state index contributed by atoms with van der Waals surface area (Å²) in [4.78, 5) is 26.0. The zero-order chi connectivity index (χ0) is 19.6. The molecule has 5 N–H and O–H groups in total. The Morgan fingerprint density at radius 2 is 2.15 bits per heavy atom. The van der Waals surface area contributed by atoms with Crippen LogP contribution in [0.15, 0.2) is 17.5 Å². The van der Waals surface area contributed by atoms with E-state index in [2.05, 4.69) is 16.7 Å². The molecule has 8 heteroatoms. The van der Waals surface area contributed by atoms with Gasteiger partial charge >= 0.3 is 0 Å². The quantitative estimate of drug-likeness (QED) is 0.322. The van der Waals surface area contributed by atoms with Crippen molar-refractivity contribution in [1.29, 1.82) is 5.41 Å². The average Bonchev–Trinajstić information content (AvgIpc) is 3.27. The molecule has 2 atom stereocenters. The number of fused-ring (bicyclic) bond motifs is 2. The molecule has 1 aliphatic carbocycles. The lowest BCUT2D eigenvalue weighted by molar-refractivity contribution is -0.107. The van der Waals surface area contributed by atoms with Crippen molar-refractivity contribution < 1.29 is 9.59 Å². The third kappa shape index (κ3) is 3.44. The highest BCUT2D eigenvalue weighted by atomic mass is 32.1. The smallest absolute Gasteiger partial charge is 0.261 e. The number of carbonyl (C=O) groups excluding carboxylic acids is 2. The molecule has 27 heavy (non-hydrogen) atoms. The van der Waals surface area contributed by atoms with Gasteiger partial charge in [0.05, 0.1) is 16.8 Å². The molecule has 2 heterocycles. The number of nitrogens with one attached hydrogen (secondary N) is 3. The van der Waals surface area contributed by atoms with Crippen LogP contribution in [-0.2, 0) is 23.1 Å². The standard InChI is InChI=1S/C19H24N4O2S2/c1-11(23-6-7-24)10-19(18(20)21)12-5-8-26-14(12)3-4-15-13(19)9-16(27-15)17(25)22-2/h5,7-9,11,23H,3-4,6,10H2,1-2H3,(H3,20,21)(H,22,25)/t11-,19?/m1/s1. The van der Waals surface area contributed by atoms with Crippen molar-refractivity contribution in [3.63, 3.8) is 0 Å². The number of aldehydes is 1. The van der Waals surface area contributed by atoms with Gasteiger partial charge in [-0.1, -0.05) is 0 Å². The Balaban J connectivity index is 2.18. The molecule has 0 radical (unpaired) electrons. The largest absolute Gasteiger partial charge is 0.387 e. The zero-order valence-electron chi connectivity index (χ0n) is 15.4. The fourth-order valence-corrected chi connectivity index (χ4v) is 6.04. The van der Waals surface area contributed by atoms with Crippen molar-refractivity contribution in [3.8, 4) is 0 Å². The molecule has 0 saturated heterocycles. The van der Waals surface area contributed by atoms with E-state index in [0.29, 0.717) is 11.3 Å². The van der Waals surface area contributed by atoms with Gasteiger partial charge in [-0.3, -0.25) is 10.2 Å². The highest BCUT2D eigenvalue weighted by Crippen LogP contribution is 2.47. The minimum Gasteiger partial charge on any atom is -0.387 e. The van der Waals surface area contributed by atoms with Crippen LogP contribution in [0.3, 0.4) is 0 Å². The molecule has 1 aliphatic rings. The average molecular weight is 405 g/mol. The first-order chi connectivity index (χ1) is 12.9. The van der Waals surface area contributed by atoms with E-state index < -0.39 is 5.41 Å². The van der Waals surface area contributed by atoms with Gasteiger partial charge in [0.15, 0.2) is 0 Å². The summed E-state index contributed by atoms with van der Waals surface area (Å²) in [5, 5.41) is 16.5. The maximum atomic E-state index is 12.2. The molecule has 6 nitrogen and oxygen atoms in total. The number of hydrogen-bond acceptors (Lipinski definition) is 6. The van der Waals surface area contributed by atoms with Crippen LogP contribution in [-0.4, -0.2) is 37.7 Å². The van der Waals surface area contributed by atoms with E-state index in [4.69, 9.17) is 11.1 Å². The maximum absolute atomic E-state index is 12.2. The predicted octanol–water partition coefficient (Wildman–Crippen LogP) is 2.06. The van der Waals surface area contributed by atoms with Crippen molar-refractivity contribution >= 4 is 40.7 Å². The number of thiophene rings is 2. The third-order valence-corrected chi connectivity index (χ3v) is 7.30. The van der Waals surface area contributed by atoms with Crippen LogP contribution in [0.5, 0.6) is 0 Å². The maximum Gasteiger partial charge on any atom is 0.261 e. The number of amides is 1. The van der Waals surface area contributed by atoms with Gasteiger partial charge in [0.25, 0.3) is 5.91 Å². The topological polar surface area (TPSA) is 108 Å². The molecule has 0 bridgehead atoms. The van der Waals surface area contributed by atoms with Gasteiger partial charge < -0.3 is 21.2 Å². The van der Waals surface area contributed by atoms with Crippen LogP contribution < -0.4 is 16.4 Å². The first kappa shape index (κ1) is 19.7. The van der Waals surface area contributed by atoms with Gasteiger partial charge in [-0.15, -0.1) is 22.7 Å². The van der Waals surface area contributed by atoms with E-state index in [9.17, 15) is 9.59 Å². The van der Waals surface area contributed by atoms with E-state index in [1.165, 1.54) is 16.2 Å². The number of aryl methyl sites for hydroxylation is 2. The summed E-state index contributed by atoms with van der Waals surface area (Å²) in [6.45, 7) is 2.25. The molecular weight excluding hydrogens is 380 g/mol. The van der Waals surface area contributed by atoms with Crippen LogP contribution in [0.1, 0.15) is 43.9 Å². The van der Waals surface area contributed by atoms with Crippen molar-refractivity contribution in [3.05, 3.63) is 43.3 Å². The Kier molecular flexibility index (Phi) is 5.78. The second-order valence-electron chi connectivity index (χ2n) is 6.78. The number of amidine groups is 1. The highest BCUT2D eigenvalue weighted by Gasteiger charge is 2.45. The molecule has 0 spiro atoms. The number of carbonyl (C=O) groups is 2. The Morgan fingerprint density at radius 1 is 1.41 bits per heavy atom. The Hall–Kier alpha value is -2.03. The Morgan fingerprint density at radius 3 is 2.81 bits per heavy atom. The summed E-state index contributed by atoms with van der Waals surface area (Å²) >= 11 is 3.17. The van der Waals surface area contributed by atoms with E-state index >= 15 is 0 Å². The highest BCUT2D eigenvalue weighted by molar-refractivity contribution is 7.14. The number of nitrogens with two attached hydrogens (primary N) is 1. The second-order valence-corrected chi connectivity index (χ2v) is 8.92. The summed E-state index contributed by atoms with van der Waals surface area (Å²) in [5.74, 6) is -0.0468. The van der Waals surface area contributed by atoms with Gasteiger partial charge in [-0.25, -0.2) is 0 Å². The lowest BCUT2D eigenvalue weighted by atomic mass is 9.70. The monoisotopic (exact) mass is 404 g/mol. The normalized spacial score (nSPS) is 19.5. The zero-order valence-corrected chi connectivity index (χ0v) is 17.1. The van der Waals surface area contributed by atoms with Crippen LogP contribution in [0.2, 0.25) is 0 Å². The van der Waals surface area contributed by atoms with Crippen molar-refractivity contribution in [2.45, 2.75) is 37.6 Å². The van der Waals surface area contributed by atoms with Crippen LogP contribution >= 0.6 is 22.7 Å². The molecule has 1 unspecified atom stereocenters. The van der Waals surface area contributed by atoms with Gasteiger partial charge in [0, 0.05) is 22.8 Å². The van der Waals surface area contributed by atoms with Crippen molar-refractivity contribution in [1.82, 2.24) is 10.6 Å². The van der Waals surface area contributed by atoms with E-state index in [-0.39, 0.29) is 24.3 Å². The molecular formula is C19H24N4O2S2. The van der Waals surface area contributed by atoms with Crippen LogP contribution in [0.25, 0.3) is 0 Å². The molecule has 0 saturated carbocycles. The molecule has 0 aromatic carbocycles. The summed E-state index contributed by atoms with van der Waals surface area (Å²) < 4.78 is 0. The first-order valence-corrected chi connectivity index (χ1v) is 10.6. The Labute approximate surface area is 166 Å². The van der Waals surface area contributed by atoms with Gasteiger partial charge in [0.1, 0.15) is 12.1 Å². The number of hydrogen-bond donors (Lipinski definition) is 4. The van der Waals surface area contributed by atoms with Crippen LogP contribution in [0, 0.1) is 5.41 Å². The van der Waals surface area contributed by atoms with Crippen molar-refractivity contribution in [2.75, 3.05) is 13.6 Å². The SMILES string of the molecule is CNC(=O)c1cc2c(s1)CCc1sccc1C2(C[C@@H](C)NCC=O)C(=N)N. The molecule has 0 aliphatic heterocycles. The third-order valence-electron chi connectivity index (χ3n) is 5.13. The van der Waals surface area contributed by atoms with Gasteiger partial charge in [0.2, 0.25) is 0 Å². The van der Waals surface area contributed by atoms with E-state index in [1.54, 1.807) is 18.4 Å².